The van der Waals surface area contributed by atoms with Crippen molar-refractivity contribution in [1.82, 2.24) is 9.97 Å². The first-order valence-corrected chi connectivity index (χ1v) is 7.04. The van der Waals surface area contributed by atoms with Crippen LogP contribution >= 0.6 is 11.6 Å². The minimum atomic E-state index is 0.218. The first kappa shape index (κ1) is 14.6. The van der Waals surface area contributed by atoms with E-state index in [0.29, 0.717) is 23.1 Å². The lowest BCUT2D eigenvalue weighted by molar-refractivity contribution is 0.705. The first-order valence-electron chi connectivity index (χ1n) is 6.66. The lowest BCUT2D eigenvalue weighted by Gasteiger charge is -2.14. The Balaban J connectivity index is 1.93. The Morgan fingerprint density at radius 1 is 1.25 bits per heavy atom. The van der Waals surface area contributed by atoms with E-state index in [9.17, 15) is 0 Å². The van der Waals surface area contributed by atoms with E-state index in [-0.39, 0.29) is 5.28 Å². The molecule has 0 aliphatic rings. The zero-order valence-corrected chi connectivity index (χ0v) is 12.5. The predicted octanol–water partition coefficient (Wildman–Crippen LogP) is 3.63. The summed E-state index contributed by atoms with van der Waals surface area (Å²) in [6.07, 6.45) is 0.990. The van der Waals surface area contributed by atoms with Gasteiger partial charge in [-0.05, 0) is 36.4 Å². The number of nitrogens with zero attached hydrogens (tertiary/aromatic N) is 2. The Hall–Kier alpha value is -1.81. The molecule has 4 nitrogen and oxygen atoms in total. The summed E-state index contributed by atoms with van der Waals surface area (Å²) >= 11 is 5.84. The van der Waals surface area contributed by atoms with Crippen LogP contribution in [0.3, 0.4) is 0 Å². The van der Waals surface area contributed by atoms with Gasteiger partial charge in [-0.3, -0.25) is 0 Å². The van der Waals surface area contributed by atoms with Gasteiger partial charge in [-0.2, -0.15) is 4.98 Å². The largest absolute Gasteiger partial charge is 0.394 e. The van der Waals surface area contributed by atoms with E-state index in [1.54, 1.807) is 0 Å². The summed E-state index contributed by atoms with van der Waals surface area (Å²) in [5.41, 5.74) is 8.52. The van der Waals surface area contributed by atoms with Crippen LogP contribution in [0.5, 0.6) is 0 Å². The molecule has 1 aromatic heterocycles. The maximum atomic E-state index is 5.93. The van der Waals surface area contributed by atoms with Crippen LogP contribution in [0.2, 0.25) is 5.28 Å². The van der Waals surface area contributed by atoms with Crippen LogP contribution in [0.15, 0.2) is 30.3 Å². The Labute approximate surface area is 124 Å². The van der Waals surface area contributed by atoms with Crippen molar-refractivity contribution in [2.45, 2.75) is 26.2 Å². The number of anilines is 2. The molecule has 1 aromatic carbocycles. The molecule has 2 aromatic rings. The second-order valence-electron chi connectivity index (χ2n) is 4.87. The van der Waals surface area contributed by atoms with Crippen LogP contribution < -0.4 is 11.1 Å². The first-order chi connectivity index (χ1) is 9.58. The average molecular weight is 291 g/mol. The molecule has 0 aliphatic heterocycles. The zero-order chi connectivity index (χ0) is 14.5. The van der Waals surface area contributed by atoms with E-state index in [1.165, 1.54) is 5.56 Å². The summed E-state index contributed by atoms with van der Waals surface area (Å²) in [6.45, 7) is 4.81. The van der Waals surface area contributed by atoms with Crippen molar-refractivity contribution in [2.75, 3.05) is 17.6 Å². The molecule has 1 atom stereocenters. The highest BCUT2D eigenvalue weighted by Gasteiger charge is 2.09. The van der Waals surface area contributed by atoms with E-state index < -0.39 is 0 Å². The fourth-order valence-corrected chi connectivity index (χ4v) is 2.25. The monoisotopic (exact) mass is 290 g/mol. The van der Waals surface area contributed by atoms with Crippen molar-refractivity contribution in [1.29, 1.82) is 0 Å². The Bertz CT molecular complexity index is 572. The van der Waals surface area contributed by atoms with Crippen LogP contribution in [-0.4, -0.2) is 16.5 Å². The number of hydrogen-bond acceptors (Lipinski definition) is 4. The lowest BCUT2D eigenvalue weighted by Crippen LogP contribution is -2.10. The molecule has 20 heavy (non-hydrogen) atoms. The highest BCUT2D eigenvalue weighted by atomic mass is 35.5. The molecular weight excluding hydrogens is 272 g/mol. The fraction of sp³-hybridized carbons (Fsp3) is 0.333. The number of hydrogen-bond donors (Lipinski definition) is 2. The minimum Gasteiger partial charge on any atom is -0.394 e. The van der Waals surface area contributed by atoms with Crippen molar-refractivity contribution in [3.05, 3.63) is 46.9 Å². The van der Waals surface area contributed by atoms with E-state index in [4.69, 9.17) is 17.3 Å². The standard InChI is InChI=1S/C15H19ClN4/c1-10(12-6-4-3-5-7-12)8-9-18-14-13(17)11(2)19-15(16)20-14/h3-7,10H,8-9,17H2,1-2H3,(H,18,19,20). The molecule has 5 heteroatoms. The summed E-state index contributed by atoms with van der Waals surface area (Å²) in [7, 11) is 0. The maximum Gasteiger partial charge on any atom is 0.224 e. The van der Waals surface area contributed by atoms with Gasteiger partial charge in [-0.1, -0.05) is 37.3 Å². The molecule has 0 saturated carbocycles. The van der Waals surface area contributed by atoms with Crippen LogP contribution in [-0.2, 0) is 0 Å². The maximum absolute atomic E-state index is 5.93. The Kier molecular flexibility index (Phi) is 4.79. The molecule has 1 heterocycles. The molecule has 0 fully saturated rings. The number of rotatable bonds is 5. The average Bonchev–Trinajstić information content (AvgIpc) is 2.44. The molecule has 0 amide bonds. The number of aryl methyl sites for hydroxylation is 1. The molecule has 0 spiro atoms. The number of benzene rings is 1. The smallest absolute Gasteiger partial charge is 0.224 e. The van der Waals surface area contributed by atoms with Gasteiger partial charge in [-0.25, -0.2) is 4.98 Å². The second-order valence-corrected chi connectivity index (χ2v) is 5.21. The van der Waals surface area contributed by atoms with E-state index in [1.807, 2.05) is 13.0 Å². The number of nitrogens with one attached hydrogen (secondary N) is 1. The van der Waals surface area contributed by atoms with Gasteiger partial charge in [0.25, 0.3) is 0 Å². The van der Waals surface area contributed by atoms with Crippen molar-refractivity contribution in [2.24, 2.45) is 0 Å². The molecule has 106 valence electrons. The van der Waals surface area contributed by atoms with Crippen LogP contribution in [0, 0.1) is 6.92 Å². The topological polar surface area (TPSA) is 63.8 Å². The summed E-state index contributed by atoms with van der Waals surface area (Å²) < 4.78 is 0. The van der Waals surface area contributed by atoms with Gasteiger partial charge in [-0.15, -0.1) is 0 Å². The predicted molar refractivity (Wildman–Crippen MR) is 84.2 cm³/mol. The summed E-state index contributed by atoms with van der Waals surface area (Å²) in [4.78, 5) is 8.14. The summed E-state index contributed by atoms with van der Waals surface area (Å²) in [5.74, 6) is 1.09. The normalized spacial score (nSPS) is 12.2. The van der Waals surface area contributed by atoms with Gasteiger partial charge in [0.1, 0.15) is 0 Å². The number of aromatic nitrogens is 2. The summed E-state index contributed by atoms with van der Waals surface area (Å²) in [6, 6.07) is 10.4. The SMILES string of the molecule is Cc1nc(Cl)nc(NCCC(C)c2ccccc2)c1N. The van der Waals surface area contributed by atoms with Crippen molar-refractivity contribution < 1.29 is 0 Å². The third kappa shape index (κ3) is 3.61. The third-order valence-corrected chi connectivity index (χ3v) is 3.52. The van der Waals surface area contributed by atoms with Crippen molar-refractivity contribution in [3.63, 3.8) is 0 Å². The zero-order valence-electron chi connectivity index (χ0n) is 11.7. The van der Waals surface area contributed by atoms with Gasteiger partial charge in [0.2, 0.25) is 5.28 Å². The highest BCUT2D eigenvalue weighted by molar-refractivity contribution is 6.28. The van der Waals surface area contributed by atoms with E-state index >= 15 is 0 Å². The quantitative estimate of drug-likeness (QED) is 0.826. The van der Waals surface area contributed by atoms with Gasteiger partial charge < -0.3 is 11.1 Å². The fourth-order valence-electron chi connectivity index (χ4n) is 2.04. The van der Waals surface area contributed by atoms with Gasteiger partial charge in [0.05, 0.1) is 11.4 Å². The summed E-state index contributed by atoms with van der Waals surface area (Å²) in [5, 5.41) is 3.45. The molecular formula is C15H19ClN4. The molecule has 0 radical (unpaired) electrons. The van der Waals surface area contributed by atoms with E-state index in [0.717, 1.165) is 13.0 Å². The molecule has 0 saturated heterocycles. The van der Waals surface area contributed by atoms with Crippen LogP contribution in [0.4, 0.5) is 11.5 Å². The van der Waals surface area contributed by atoms with Crippen molar-refractivity contribution in [3.8, 4) is 0 Å². The molecule has 1 unspecified atom stereocenters. The van der Waals surface area contributed by atoms with E-state index in [2.05, 4.69) is 46.5 Å². The van der Waals surface area contributed by atoms with Gasteiger partial charge in [0, 0.05) is 6.54 Å². The number of nitrogen functional groups attached to an aromatic ring is 1. The number of nitrogens with two attached hydrogens (primary N) is 1. The van der Waals surface area contributed by atoms with Gasteiger partial charge >= 0.3 is 0 Å². The third-order valence-electron chi connectivity index (χ3n) is 3.35. The Morgan fingerprint density at radius 2 is 1.95 bits per heavy atom. The molecule has 0 aliphatic carbocycles. The lowest BCUT2D eigenvalue weighted by atomic mass is 9.98. The molecule has 0 bridgehead atoms. The highest BCUT2D eigenvalue weighted by Crippen LogP contribution is 2.22. The molecule has 3 N–H and O–H groups in total. The van der Waals surface area contributed by atoms with Crippen molar-refractivity contribution >= 4 is 23.1 Å². The molecule has 2 rings (SSSR count). The van der Waals surface area contributed by atoms with Crippen LogP contribution in [0.1, 0.15) is 30.5 Å². The number of halogens is 1. The van der Waals surface area contributed by atoms with Gasteiger partial charge in [0.15, 0.2) is 5.82 Å². The minimum absolute atomic E-state index is 0.218. The second kappa shape index (κ2) is 6.57. The Morgan fingerprint density at radius 3 is 2.65 bits per heavy atom. The van der Waals surface area contributed by atoms with Crippen LogP contribution in [0.25, 0.3) is 0 Å².